The number of carbonyl (C=O) groups is 1. The fourth-order valence-electron chi connectivity index (χ4n) is 1.72. The average molecular weight is 261 g/mol. The van der Waals surface area contributed by atoms with Crippen molar-refractivity contribution in [2.75, 3.05) is 13.1 Å². The summed E-state index contributed by atoms with van der Waals surface area (Å²) in [6.07, 6.45) is 0.803. The summed E-state index contributed by atoms with van der Waals surface area (Å²) in [4.78, 5) is 17.1. The van der Waals surface area contributed by atoms with Gasteiger partial charge in [-0.25, -0.2) is 13.8 Å². The molecule has 1 fully saturated rings. The van der Waals surface area contributed by atoms with Crippen LogP contribution in [-0.4, -0.2) is 34.8 Å². The molecule has 0 atom stereocenters. The predicted molar refractivity (Wildman–Crippen MR) is 59.3 cm³/mol. The van der Waals surface area contributed by atoms with Crippen LogP contribution in [0.1, 0.15) is 23.2 Å². The Kier molecular flexibility index (Phi) is 3.28. The number of rotatable bonds is 1. The van der Waals surface area contributed by atoms with Crippen molar-refractivity contribution in [2.24, 2.45) is 0 Å². The van der Waals surface area contributed by atoms with Crippen LogP contribution in [0.3, 0.4) is 0 Å². The number of amides is 1. The SMILES string of the molecule is O=C(c1ccc(Cl)nc1)N1CCC(F)(F)CC1. The molecule has 1 aromatic heterocycles. The summed E-state index contributed by atoms with van der Waals surface area (Å²) >= 11 is 5.60. The second kappa shape index (κ2) is 4.56. The summed E-state index contributed by atoms with van der Waals surface area (Å²) in [6.45, 7) is 0.156. The van der Waals surface area contributed by atoms with Gasteiger partial charge in [0.2, 0.25) is 0 Å². The van der Waals surface area contributed by atoms with Crippen molar-refractivity contribution >= 4 is 17.5 Å². The predicted octanol–water partition coefficient (Wildman–Crippen LogP) is 2.61. The van der Waals surface area contributed by atoms with Crippen molar-refractivity contribution in [1.29, 1.82) is 0 Å². The summed E-state index contributed by atoms with van der Waals surface area (Å²) in [5.41, 5.74) is 0.375. The zero-order chi connectivity index (χ0) is 12.5. The minimum atomic E-state index is -2.64. The number of carbonyl (C=O) groups excluding carboxylic acids is 1. The highest BCUT2D eigenvalue weighted by Gasteiger charge is 2.35. The van der Waals surface area contributed by atoms with Gasteiger partial charge in [0, 0.05) is 32.1 Å². The number of piperidine rings is 1. The van der Waals surface area contributed by atoms with E-state index in [9.17, 15) is 13.6 Å². The Bertz CT molecular complexity index is 412. The summed E-state index contributed by atoms with van der Waals surface area (Å²) < 4.78 is 25.9. The van der Waals surface area contributed by atoms with E-state index in [1.807, 2.05) is 0 Å². The van der Waals surface area contributed by atoms with Gasteiger partial charge in [-0.1, -0.05) is 11.6 Å². The van der Waals surface area contributed by atoms with Gasteiger partial charge in [-0.2, -0.15) is 0 Å². The molecule has 1 aliphatic rings. The molecule has 1 aliphatic heterocycles. The normalized spacial score (nSPS) is 19.1. The molecule has 2 heterocycles. The van der Waals surface area contributed by atoms with E-state index in [1.54, 1.807) is 6.07 Å². The van der Waals surface area contributed by atoms with Crippen molar-refractivity contribution in [3.8, 4) is 0 Å². The molecule has 6 heteroatoms. The highest BCUT2D eigenvalue weighted by Crippen LogP contribution is 2.28. The molecular formula is C11H11ClF2N2O. The molecular weight excluding hydrogens is 250 g/mol. The Balaban J connectivity index is 2.04. The number of pyridine rings is 1. The topological polar surface area (TPSA) is 33.2 Å². The standard InChI is InChI=1S/C11H11ClF2N2O/c12-9-2-1-8(7-15-9)10(17)16-5-3-11(13,14)4-6-16/h1-2,7H,3-6H2. The van der Waals surface area contributed by atoms with Crippen LogP contribution in [0, 0.1) is 0 Å². The summed E-state index contributed by atoms with van der Waals surface area (Å²) in [6, 6.07) is 3.05. The number of aromatic nitrogens is 1. The second-order valence-corrected chi connectivity index (χ2v) is 4.40. The molecule has 3 nitrogen and oxygen atoms in total. The molecule has 0 N–H and O–H groups in total. The first-order valence-corrected chi connectivity index (χ1v) is 5.64. The monoisotopic (exact) mass is 260 g/mol. The van der Waals surface area contributed by atoms with Crippen LogP contribution in [0.2, 0.25) is 5.15 Å². The largest absolute Gasteiger partial charge is 0.338 e. The molecule has 0 bridgehead atoms. The zero-order valence-electron chi connectivity index (χ0n) is 9.00. The van der Waals surface area contributed by atoms with E-state index in [1.165, 1.54) is 17.2 Å². The second-order valence-electron chi connectivity index (χ2n) is 4.02. The Hall–Kier alpha value is -1.23. The molecule has 0 spiro atoms. The van der Waals surface area contributed by atoms with Gasteiger partial charge >= 0.3 is 0 Å². The first-order valence-electron chi connectivity index (χ1n) is 5.27. The third kappa shape index (κ3) is 2.91. The first kappa shape index (κ1) is 12.2. The molecule has 2 rings (SSSR count). The van der Waals surface area contributed by atoms with Crippen LogP contribution in [0.4, 0.5) is 8.78 Å². The Morgan fingerprint density at radius 3 is 2.53 bits per heavy atom. The van der Waals surface area contributed by atoms with E-state index < -0.39 is 5.92 Å². The van der Waals surface area contributed by atoms with Gasteiger partial charge in [-0.3, -0.25) is 4.79 Å². The molecule has 1 aromatic rings. The lowest BCUT2D eigenvalue weighted by atomic mass is 10.1. The van der Waals surface area contributed by atoms with Crippen molar-refractivity contribution in [2.45, 2.75) is 18.8 Å². The van der Waals surface area contributed by atoms with Crippen LogP contribution in [0.15, 0.2) is 18.3 Å². The lowest BCUT2D eigenvalue weighted by molar-refractivity contribution is -0.0494. The van der Waals surface area contributed by atoms with Gasteiger partial charge in [0.15, 0.2) is 0 Å². The third-order valence-electron chi connectivity index (χ3n) is 2.76. The van der Waals surface area contributed by atoms with Crippen LogP contribution >= 0.6 is 11.6 Å². The lowest BCUT2D eigenvalue weighted by Gasteiger charge is -2.31. The summed E-state index contributed by atoms with van der Waals surface area (Å²) in [7, 11) is 0. The minimum Gasteiger partial charge on any atom is -0.338 e. The van der Waals surface area contributed by atoms with E-state index >= 15 is 0 Å². The maximum Gasteiger partial charge on any atom is 0.255 e. The first-order chi connectivity index (χ1) is 7.98. The molecule has 0 aromatic carbocycles. The van der Waals surface area contributed by atoms with Gasteiger partial charge in [-0.15, -0.1) is 0 Å². The van der Waals surface area contributed by atoms with Crippen LogP contribution in [0.25, 0.3) is 0 Å². The maximum atomic E-state index is 12.9. The fourth-order valence-corrected chi connectivity index (χ4v) is 1.83. The molecule has 1 amide bonds. The van der Waals surface area contributed by atoms with Crippen molar-refractivity contribution in [1.82, 2.24) is 9.88 Å². The summed E-state index contributed by atoms with van der Waals surface area (Å²) in [5.74, 6) is -2.92. The number of likely N-dealkylation sites (tertiary alicyclic amines) is 1. The Labute approximate surface area is 102 Å². The van der Waals surface area contributed by atoms with Gasteiger partial charge in [0.05, 0.1) is 5.56 Å². The fraction of sp³-hybridized carbons (Fsp3) is 0.455. The average Bonchev–Trinajstić information content (AvgIpc) is 2.29. The molecule has 1 saturated heterocycles. The maximum absolute atomic E-state index is 12.9. The van der Waals surface area contributed by atoms with Crippen LogP contribution in [-0.2, 0) is 0 Å². The summed E-state index contributed by atoms with van der Waals surface area (Å²) in [5, 5.41) is 0.298. The van der Waals surface area contributed by atoms with Gasteiger partial charge in [0.1, 0.15) is 5.15 Å². The van der Waals surface area contributed by atoms with Crippen molar-refractivity contribution < 1.29 is 13.6 Å². The number of hydrogen-bond donors (Lipinski definition) is 0. The Morgan fingerprint density at radius 1 is 1.35 bits per heavy atom. The highest BCUT2D eigenvalue weighted by molar-refractivity contribution is 6.29. The van der Waals surface area contributed by atoms with Gasteiger partial charge in [0.25, 0.3) is 11.8 Å². The minimum absolute atomic E-state index is 0.0778. The molecule has 0 radical (unpaired) electrons. The smallest absolute Gasteiger partial charge is 0.255 e. The lowest BCUT2D eigenvalue weighted by Crippen LogP contribution is -2.42. The number of halogens is 3. The van der Waals surface area contributed by atoms with E-state index in [2.05, 4.69) is 4.98 Å². The quantitative estimate of drug-likeness (QED) is 0.727. The van der Waals surface area contributed by atoms with Crippen molar-refractivity contribution in [3.05, 3.63) is 29.0 Å². The number of alkyl halides is 2. The molecule has 0 aliphatic carbocycles. The highest BCUT2D eigenvalue weighted by atomic mass is 35.5. The van der Waals surface area contributed by atoms with E-state index in [-0.39, 0.29) is 31.8 Å². The van der Waals surface area contributed by atoms with E-state index in [0.717, 1.165) is 0 Å². The van der Waals surface area contributed by atoms with Crippen molar-refractivity contribution in [3.63, 3.8) is 0 Å². The molecule has 92 valence electrons. The van der Waals surface area contributed by atoms with Gasteiger partial charge < -0.3 is 4.90 Å². The van der Waals surface area contributed by atoms with Crippen LogP contribution < -0.4 is 0 Å². The van der Waals surface area contributed by atoms with Crippen LogP contribution in [0.5, 0.6) is 0 Å². The van der Waals surface area contributed by atoms with E-state index in [0.29, 0.717) is 10.7 Å². The zero-order valence-corrected chi connectivity index (χ0v) is 9.75. The number of nitrogens with zero attached hydrogens (tertiary/aromatic N) is 2. The molecule has 0 unspecified atom stereocenters. The van der Waals surface area contributed by atoms with Gasteiger partial charge in [-0.05, 0) is 12.1 Å². The van der Waals surface area contributed by atoms with E-state index in [4.69, 9.17) is 11.6 Å². The molecule has 0 saturated carbocycles. The third-order valence-corrected chi connectivity index (χ3v) is 2.98. The number of hydrogen-bond acceptors (Lipinski definition) is 2. The Morgan fingerprint density at radius 2 is 2.00 bits per heavy atom. The molecule has 17 heavy (non-hydrogen) atoms.